The second-order valence-corrected chi connectivity index (χ2v) is 5.41. The number of hydrogen-bond donors (Lipinski definition) is 3. The van der Waals surface area contributed by atoms with Crippen LogP contribution in [-0.4, -0.2) is 84.8 Å². The van der Waals surface area contributed by atoms with Gasteiger partial charge in [0.05, 0.1) is 26.4 Å². The van der Waals surface area contributed by atoms with E-state index in [0.29, 0.717) is 37.6 Å². The van der Waals surface area contributed by atoms with E-state index in [2.05, 4.69) is 0 Å². The summed E-state index contributed by atoms with van der Waals surface area (Å²) in [6.45, 7) is 3.48. The highest BCUT2D eigenvalue weighted by Crippen LogP contribution is 2.14. The first-order valence-corrected chi connectivity index (χ1v) is 8.00. The lowest BCUT2D eigenvalue weighted by Crippen LogP contribution is -2.39. The normalized spacial score (nSPS) is 12.4. The molecule has 1 aromatic carbocycles. The molecule has 0 saturated heterocycles. The summed E-state index contributed by atoms with van der Waals surface area (Å²) in [4.78, 5) is 13.2. The molecule has 1 rings (SSSR count). The zero-order valence-corrected chi connectivity index (χ0v) is 14.1. The molecule has 0 aromatic heterocycles. The van der Waals surface area contributed by atoms with Gasteiger partial charge in [0.25, 0.3) is 0 Å². The molecule has 0 bridgehead atoms. The predicted molar refractivity (Wildman–Crippen MR) is 89.4 cm³/mol. The first-order valence-electron chi connectivity index (χ1n) is 8.00. The van der Waals surface area contributed by atoms with Gasteiger partial charge >= 0.3 is 0 Å². The second kappa shape index (κ2) is 11.9. The maximum Gasteiger partial charge on any atom is 0.159 e. The summed E-state index contributed by atoms with van der Waals surface area (Å²) in [6, 6.07) is 6.81. The molecule has 7 heteroatoms. The smallest absolute Gasteiger partial charge is 0.159 e. The number of hydrogen-bond acceptors (Lipinski definition) is 7. The molecule has 0 saturated carbocycles. The largest absolute Gasteiger partial charge is 0.491 e. The molecule has 3 N–H and O–H groups in total. The molecule has 0 aliphatic heterocycles. The fraction of sp³-hybridized carbons (Fsp3) is 0.588. The molecule has 1 aromatic rings. The SMILES string of the molecule is CC(=O)c1cccc(OCC(O)CN(CCO)CCOCCO)c1. The topological polar surface area (TPSA) is 99.5 Å². The standard InChI is InChI=1S/C17H27NO6/c1-14(21)15-3-2-4-17(11-15)24-13-16(22)12-18(5-7-19)6-9-23-10-8-20/h2-4,11,16,19-20,22H,5-10,12-13H2,1H3. The summed E-state index contributed by atoms with van der Waals surface area (Å²) in [6.07, 6.45) is -0.740. The van der Waals surface area contributed by atoms with Gasteiger partial charge < -0.3 is 24.8 Å². The fourth-order valence-corrected chi connectivity index (χ4v) is 2.14. The number of aliphatic hydroxyl groups is 3. The maximum atomic E-state index is 11.3. The average molecular weight is 341 g/mol. The van der Waals surface area contributed by atoms with E-state index < -0.39 is 6.10 Å². The number of ether oxygens (including phenoxy) is 2. The van der Waals surface area contributed by atoms with E-state index in [-0.39, 0.29) is 32.2 Å². The van der Waals surface area contributed by atoms with E-state index in [4.69, 9.17) is 19.7 Å². The van der Waals surface area contributed by atoms with Crippen LogP contribution in [0.4, 0.5) is 0 Å². The summed E-state index contributed by atoms with van der Waals surface area (Å²) in [5.74, 6) is 0.486. The molecule has 24 heavy (non-hydrogen) atoms. The van der Waals surface area contributed by atoms with Gasteiger partial charge in [-0.05, 0) is 19.1 Å². The minimum atomic E-state index is -0.740. The lowest BCUT2D eigenvalue weighted by atomic mass is 10.1. The van der Waals surface area contributed by atoms with Crippen molar-refractivity contribution < 1.29 is 29.6 Å². The van der Waals surface area contributed by atoms with Crippen molar-refractivity contribution in [1.82, 2.24) is 4.90 Å². The summed E-state index contributed by atoms with van der Waals surface area (Å²) in [5.41, 5.74) is 0.560. The molecular weight excluding hydrogens is 314 g/mol. The van der Waals surface area contributed by atoms with Crippen molar-refractivity contribution in [2.75, 3.05) is 52.7 Å². The molecule has 0 amide bonds. The monoisotopic (exact) mass is 341 g/mol. The third-order valence-electron chi connectivity index (χ3n) is 3.36. The summed E-state index contributed by atoms with van der Waals surface area (Å²) < 4.78 is 10.7. The van der Waals surface area contributed by atoms with Crippen LogP contribution in [0.5, 0.6) is 5.75 Å². The molecule has 1 atom stereocenters. The van der Waals surface area contributed by atoms with Crippen molar-refractivity contribution in [3.05, 3.63) is 29.8 Å². The van der Waals surface area contributed by atoms with Gasteiger partial charge in [-0.15, -0.1) is 0 Å². The highest BCUT2D eigenvalue weighted by molar-refractivity contribution is 5.94. The van der Waals surface area contributed by atoms with Crippen LogP contribution in [0.25, 0.3) is 0 Å². The molecule has 0 aliphatic rings. The Balaban J connectivity index is 2.40. The second-order valence-electron chi connectivity index (χ2n) is 5.41. The Morgan fingerprint density at radius 1 is 1.21 bits per heavy atom. The highest BCUT2D eigenvalue weighted by atomic mass is 16.5. The van der Waals surface area contributed by atoms with Crippen molar-refractivity contribution in [2.24, 2.45) is 0 Å². The van der Waals surface area contributed by atoms with Crippen molar-refractivity contribution in [3.8, 4) is 5.75 Å². The van der Waals surface area contributed by atoms with Gasteiger partial charge in [-0.3, -0.25) is 9.69 Å². The number of ketones is 1. The number of carbonyl (C=O) groups excluding carboxylic acids is 1. The zero-order chi connectivity index (χ0) is 17.8. The number of nitrogens with zero attached hydrogens (tertiary/aromatic N) is 1. The van der Waals surface area contributed by atoms with Gasteiger partial charge in [-0.25, -0.2) is 0 Å². The quantitative estimate of drug-likeness (QED) is 0.341. The third kappa shape index (κ3) is 8.37. The maximum absolute atomic E-state index is 11.3. The van der Waals surface area contributed by atoms with Crippen molar-refractivity contribution >= 4 is 5.78 Å². The Morgan fingerprint density at radius 3 is 2.67 bits per heavy atom. The molecule has 7 nitrogen and oxygen atoms in total. The average Bonchev–Trinajstić information content (AvgIpc) is 2.57. The van der Waals surface area contributed by atoms with E-state index in [9.17, 15) is 9.90 Å². The number of benzene rings is 1. The van der Waals surface area contributed by atoms with E-state index >= 15 is 0 Å². The van der Waals surface area contributed by atoms with E-state index in [1.165, 1.54) is 6.92 Å². The van der Waals surface area contributed by atoms with E-state index in [1.807, 2.05) is 4.90 Å². The lowest BCUT2D eigenvalue weighted by molar-refractivity contribution is 0.0363. The van der Waals surface area contributed by atoms with Crippen molar-refractivity contribution in [2.45, 2.75) is 13.0 Å². The fourth-order valence-electron chi connectivity index (χ4n) is 2.14. The van der Waals surface area contributed by atoms with E-state index in [0.717, 1.165) is 0 Å². The van der Waals surface area contributed by atoms with Crippen LogP contribution in [0.2, 0.25) is 0 Å². The first kappa shape index (κ1) is 20.5. The molecule has 0 spiro atoms. The number of aliphatic hydroxyl groups excluding tert-OH is 3. The number of rotatable bonds is 13. The van der Waals surface area contributed by atoms with Crippen LogP contribution in [-0.2, 0) is 4.74 Å². The summed E-state index contributed by atoms with van der Waals surface area (Å²) >= 11 is 0. The number of Topliss-reactive ketones (excluding diaryl/α,β-unsaturated/α-hetero) is 1. The molecule has 0 aliphatic carbocycles. The zero-order valence-electron chi connectivity index (χ0n) is 14.1. The lowest BCUT2D eigenvalue weighted by Gasteiger charge is -2.24. The summed E-state index contributed by atoms with van der Waals surface area (Å²) in [7, 11) is 0. The third-order valence-corrected chi connectivity index (χ3v) is 3.36. The van der Waals surface area contributed by atoms with Crippen molar-refractivity contribution in [1.29, 1.82) is 0 Å². The predicted octanol–water partition coefficient (Wildman–Crippen LogP) is -0.0679. The summed E-state index contributed by atoms with van der Waals surface area (Å²) in [5, 5.41) is 27.8. The van der Waals surface area contributed by atoms with Crippen molar-refractivity contribution in [3.63, 3.8) is 0 Å². The molecule has 0 fully saturated rings. The van der Waals surface area contributed by atoms with Crippen LogP contribution in [0.1, 0.15) is 17.3 Å². The van der Waals surface area contributed by atoms with Gasteiger partial charge in [-0.2, -0.15) is 0 Å². The van der Waals surface area contributed by atoms with Gasteiger partial charge in [-0.1, -0.05) is 12.1 Å². The Labute approximate surface area is 142 Å². The van der Waals surface area contributed by atoms with Crippen LogP contribution in [0, 0.1) is 0 Å². The molecule has 136 valence electrons. The van der Waals surface area contributed by atoms with Gasteiger partial charge in [0, 0.05) is 25.2 Å². The molecule has 0 radical (unpaired) electrons. The molecular formula is C17H27NO6. The van der Waals surface area contributed by atoms with Crippen LogP contribution >= 0.6 is 0 Å². The van der Waals surface area contributed by atoms with Crippen LogP contribution in [0.3, 0.4) is 0 Å². The Kier molecular flexibility index (Phi) is 10.2. The highest BCUT2D eigenvalue weighted by Gasteiger charge is 2.12. The van der Waals surface area contributed by atoms with Gasteiger partial charge in [0.1, 0.15) is 18.5 Å². The minimum Gasteiger partial charge on any atom is -0.491 e. The number of carbonyl (C=O) groups is 1. The van der Waals surface area contributed by atoms with E-state index in [1.54, 1.807) is 24.3 Å². The Hall–Kier alpha value is -1.51. The molecule has 0 heterocycles. The Morgan fingerprint density at radius 2 is 2.00 bits per heavy atom. The van der Waals surface area contributed by atoms with Crippen LogP contribution < -0.4 is 4.74 Å². The van der Waals surface area contributed by atoms with Gasteiger partial charge in [0.15, 0.2) is 5.78 Å². The first-order chi connectivity index (χ1) is 11.6. The molecule has 1 unspecified atom stereocenters. The Bertz CT molecular complexity index is 482. The van der Waals surface area contributed by atoms with Crippen LogP contribution in [0.15, 0.2) is 24.3 Å². The van der Waals surface area contributed by atoms with Gasteiger partial charge in [0.2, 0.25) is 0 Å². The minimum absolute atomic E-state index is 0.0196.